The van der Waals surface area contributed by atoms with Crippen molar-refractivity contribution in [2.24, 2.45) is 0 Å². The SMILES string of the molecule is O=C(Cn1cnc2sc(-c3ccccc3)cc2c1=O)N[C@@H]1CCSc2ccccc21. The molecule has 5 nitrogen and oxygen atoms in total. The van der Waals surface area contributed by atoms with Crippen molar-refractivity contribution >= 4 is 39.2 Å². The molecule has 1 atom stereocenters. The number of hydrogen-bond acceptors (Lipinski definition) is 5. The number of carbonyl (C=O) groups is 1. The minimum absolute atomic E-state index is 0.0202. The van der Waals surface area contributed by atoms with Crippen LogP contribution < -0.4 is 10.9 Å². The Morgan fingerprint density at radius 1 is 1.13 bits per heavy atom. The Labute approximate surface area is 181 Å². The Kier molecular flexibility index (Phi) is 5.14. The molecule has 0 aliphatic carbocycles. The lowest BCUT2D eigenvalue weighted by Gasteiger charge is -2.26. The summed E-state index contributed by atoms with van der Waals surface area (Å²) in [5.74, 6) is 0.788. The molecule has 1 N–H and O–H groups in total. The van der Waals surface area contributed by atoms with Crippen LogP contribution >= 0.6 is 23.1 Å². The fraction of sp³-hybridized carbons (Fsp3) is 0.174. The molecule has 0 bridgehead atoms. The number of fused-ring (bicyclic) bond motifs is 2. The third-order valence-electron chi connectivity index (χ3n) is 5.18. The average Bonchev–Trinajstić information content (AvgIpc) is 3.22. The lowest BCUT2D eigenvalue weighted by Crippen LogP contribution is -2.35. The Hall–Kier alpha value is -2.90. The number of hydrogen-bond donors (Lipinski definition) is 1. The number of carbonyl (C=O) groups excluding carboxylic acids is 1. The van der Waals surface area contributed by atoms with E-state index in [9.17, 15) is 9.59 Å². The molecular formula is C23H19N3O2S2. The molecule has 2 aromatic carbocycles. The monoisotopic (exact) mass is 433 g/mol. The van der Waals surface area contributed by atoms with E-state index < -0.39 is 0 Å². The molecule has 0 saturated heterocycles. The normalized spacial score (nSPS) is 15.7. The molecular weight excluding hydrogens is 414 g/mol. The van der Waals surface area contributed by atoms with Crippen molar-refractivity contribution in [1.29, 1.82) is 0 Å². The summed E-state index contributed by atoms with van der Waals surface area (Å²) in [5.41, 5.74) is 2.01. The van der Waals surface area contributed by atoms with E-state index in [1.54, 1.807) is 0 Å². The highest BCUT2D eigenvalue weighted by molar-refractivity contribution is 7.99. The van der Waals surface area contributed by atoms with E-state index in [1.165, 1.54) is 27.1 Å². The van der Waals surface area contributed by atoms with Crippen LogP contribution in [0, 0.1) is 0 Å². The number of amides is 1. The summed E-state index contributed by atoms with van der Waals surface area (Å²) in [7, 11) is 0. The van der Waals surface area contributed by atoms with Gasteiger partial charge in [-0.3, -0.25) is 14.2 Å². The van der Waals surface area contributed by atoms with Gasteiger partial charge >= 0.3 is 0 Å². The first-order valence-corrected chi connectivity index (χ1v) is 11.5. The van der Waals surface area contributed by atoms with Crippen LogP contribution in [-0.4, -0.2) is 21.2 Å². The van der Waals surface area contributed by atoms with Crippen LogP contribution in [0.1, 0.15) is 18.0 Å². The molecule has 1 amide bonds. The zero-order valence-corrected chi connectivity index (χ0v) is 17.7. The van der Waals surface area contributed by atoms with Gasteiger partial charge in [0, 0.05) is 15.5 Å². The number of rotatable bonds is 4. The molecule has 5 rings (SSSR count). The van der Waals surface area contributed by atoms with Gasteiger partial charge in [0.05, 0.1) is 17.8 Å². The Balaban J connectivity index is 1.37. The van der Waals surface area contributed by atoms with Gasteiger partial charge in [0.2, 0.25) is 5.91 Å². The van der Waals surface area contributed by atoms with Gasteiger partial charge < -0.3 is 5.32 Å². The van der Waals surface area contributed by atoms with Crippen molar-refractivity contribution < 1.29 is 4.79 Å². The molecule has 1 aliphatic heterocycles. The summed E-state index contributed by atoms with van der Waals surface area (Å²) in [4.78, 5) is 33.0. The van der Waals surface area contributed by atoms with Crippen molar-refractivity contribution in [1.82, 2.24) is 14.9 Å². The molecule has 7 heteroatoms. The van der Waals surface area contributed by atoms with Gasteiger partial charge in [0.1, 0.15) is 11.4 Å². The number of thioether (sulfide) groups is 1. The summed E-state index contributed by atoms with van der Waals surface area (Å²) in [6.07, 6.45) is 2.35. The first-order chi connectivity index (χ1) is 14.7. The van der Waals surface area contributed by atoms with Gasteiger partial charge in [-0.1, -0.05) is 48.5 Å². The lowest BCUT2D eigenvalue weighted by atomic mass is 10.0. The van der Waals surface area contributed by atoms with Crippen LogP contribution in [0.15, 0.2) is 76.7 Å². The predicted molar refractivity (Wildman–Crippen MR) is 122 cm³/mol. The number of nitrogens with one attached hydrogen (secondary N) is 1. The van der Waals surface area contributed by atoms with Crippen molar-refractivity contribution in [2.45, 2.75) is 23.9 Å². The van der Waals surface area contributed by atoms with E-state index >= 15 is 0 Å². The topological polar surface area (TPSA) is 64.0 Å². The van der Waals surface area contributed by atoms with Crippen LogP contribution in [0.2, 0.25) is 0 Å². The van der Waals surface area contributed by atoms with Gasteiger partial charge in [0.25, 0.3) is 5.56 Å². The summed E-state index contributed by atoms with van der Waals surface area (Å²) >= 11 is 3.30. The van der Waals surface area contributed by atoms with Gasteiger partial charge in [-0.05, 0) is 29.7 Å². The number of thiophene rings is 1. The van der Waals surface area contributed by atoms with Gasteiger partial charge in [-0.2, -0.15) is 0 Å². The third-order valence-corrected chi connectivity index (χ3v) is 7.40. The molecule has 4 aromatic rings. The fourth-order valence-electron chi connectivity index (χ4n) is 3.70. The minimum Gasteiger partial charge on any atom is -0.348 e. The van der Waals surface area contributed by atoms with E-state index in [2.05, 4.69) is 22.4 Å². The summed E-state index contributed by atoms with van der Waals surface area (Å²) in [6, 6.07) is 19.9. The molecule has 3 heterocycles. The number of nitrogens with zero attached hydrogens (tertiary/aromatic N) is 2. The van der Waals surface area contributed by atoms with Crippen molar-refractivity contribution in [3.63, 3.8) is 0 Å². The third kappa shape index (κ3) is 3.66. The largest absolute Gasteiger partial charge is 0.348 e. The van der Waals surface area contributed by atoms with Crippen molar-refractivity contribution in [3.8, 4) is 10.4 Å². The van der Waals surface area contributed by atoms with E-state index in [-0.39, 0.29) is 24.1 Å². The second-order valence-electron chi connectivity index (χ2n) is 7.17. The lowest BCUT2D eigenvalue weighted by molar-refractivity contribution is -0.122. The van der Waals surface area contributed by atoms with Gasteiger partial charge in [-0.25, -0.2) is 4.98 Å². The van der Waals surface area contributed by atoms with Gasteiger partial charge in [0.15, 0.2) is 0 Å². The van der Waals surface area contributed by atoms with E-state index in [1.807, 2.05) is 60.3 Å². The Morgan fingerprint density at radius 2 is 1.93 bits per heavy atom. The maximum atomic E-state index is 12.9. The second-order valence-corrected chi connectivity index (χ2v) is 9.34. The maximum absolute atomic E-state index is 12.9. The summed E-state index contributed by atoms with van der Waals surface area (Å²) < 4.78 is 1.39. The maximum Gasteiger partial charge on any atom is 0.262 e. The number of benzene rings is 2. The predicted octanol–water partition coefficient (Wildman–Crippen LogP) is 4.48. The zero-order valence-electron chi connectivity index (χ0n) is 16.1. The highest BCUT2D eigenvalue weighted by Gasteiger charge is 2.22. The van der Waals surface area contributed by atoms with Gasteiger partial charge in [-0.15, -0.1) is 23.1 Å². The highest BCUT2D eigenvalue weighted by atomic mass is 32.2. The van der Waals surface area contributed by atoms with Crippen molar-refractivity contribution in [3.05, 3.63) is 82.9 Å². The molecule has 0 unspecified atom stereocenters. The summed E-state index contributed by atoms with van der Waals surface area (Å²) in [5, 5.41) is 3.64. The quantitative estimate of drug-likeness (QED) is 0.515. The van der Waals surface area contributed by atoms with Crippen LogP contribution in [0.4, 0.5) is 0 Å². The molecule has 0 saturated carbocycles. The van der Waals surface area contributed by atoms with Crippen LogP contribution in [0.25, 0.3) is 20.7 Å². The fourth-order valence-corrected chi connectivity index (χ4v) is 5.82. The molecule has 0 radical (unpaired) electrons. The summed E-state index contributed by atoms with van der Waals surface area (Å²) in [6.45, 7) is -0.0376. The molecule has 0 fully saturated rings. The minimum atomic E-state index is -0.187. The first-order valence-electron chi connectivity index (χ1n) is 9.74. The second kappa shape index (κ2) is 8.08. The molecule has 150 valence electrons. The van der Waals surface area contributed by atoms with E-state index in [4.69, 9.17) is 0 Å². The molecule has 30 heavy (non-hydrogen) atoms. The highest BCUT2D eigenvalue weighted by Crippen LogP contribution is 2.35. The number of aromatic nitrogens is 2. The molecule has 2 aromatic heterocycles. The van der Waals surface area contributed by atoms with Crippen LogP contribution in [-0.2, 0) is 11.3 Å². The standard InChI is InChI=1S/C23H19N3O2S2/c27-21(25-18-10-11-29-19-9-5-4-8-16(18)19)13-26-14-24-22-17(23(26)28)12-20(30-22)15-6-2-1-3-7-15/h1-9,12,14,18H,10-11,13H2,(H,25,27)/t18-/m1/s1. The first kappa shape index (κ1) is 19.1. The van der Waals surface area contributed by atoms with Crippen molar-refractivity contribution in [2.75, 3.05) is 5.75 Å². The van der Waals surface area contributed by atoms with Crippen LogP contribution in [0.5, 0.6) is 0 Å². The van der Waals surface area contributed by atoms with E-state index in [0.29, 0.717) is 10.2 Å². The van der Waals surface area contributed by atoms with Crippen LogP contribution in [0.3, 0.4) is 0 Å². The van der Waals surface area contributed by atoms with E-state index in [0.717, 1.165) is 28.2 Å². The smallest absolute Gasteiger partial charge is 0.262 e. The average molecular weight is 434 g/mol. The Bertz CT molecular complexity index is 1280. The molecule has 1 aliphatic rings. The zero-order chi connectivity index (χ0) is 20.5. The Morgan fingerprint density at radius 3 is 2.80 bits per heavy atom. The molecule has 0 spiro atoms.